The molecular weight excluding hydrogens is 602 g/mol. The van der Waals surface area contributed by atoms with Crippen LogP contribution >= 0.6 is 11.9 Å². The van der Waals surface area contributed by atoms with Gasteiger partial charge in [0.05, 0.1) is 17.8 Å². The highest BCUT2D eigenvalue weighted by Crippen LogP contribution is 2.35. The summed E-state index contributed by atoms with van der Waals surface area (Å²) < 4.78 is 14.4. The fraction of sp³-hybridized carbons (Fsp3) is 0.583. The van der Waals surface area contributed by atoms with Crippen molar-refractivity contribution in [3.8, 4) is 5.75 Å². The molecule has 46 heavy (non-hydrogen) atoms. The number of ether oxygens (including phenoxy) is 2. The minimum Gasteiger partial charge on any atom is -0.491 e. The summed E-state index contributed by atoms with van der Waals surface area (Å²) in [5, 5.41) is 14.0. The summed E-state index contributed by atoms with van der Waals surface area (Å²) in [6.07, 6.45) is 9.59. The Hall–Kier alpha value is -3.08. The van der Waals surface area contributed by atoms with Gasteiger partial charge in [0.1, 0.15) is 31.0 Å². The zero-order valence-corrected chi connectivity index (χ0v) is 27.5. The van der Waals surface area contributed by atoms with Crippen LogP contribution < -0.4 is 14.8 Å². The second-order valence-corrected chi connectivity index (χ2v) is 14.0. The number of para-hydroxylation sites is 1. The lowest BCUT2D eigenvalue weighted by Crippen LogP contribution is -2.47. The molecule has 2 aliphatic carbocycles. The zero-order valence-electron chi connectivity index (χ0n) is 26.7. The number of carbonyl (C=O) groups is 3. The van der Waals surface area contributed by atoms with Gasteiger partial charge in [-0.2, -0.15) is 0 Å². The van der Waals surface area contributed by atoms with Crippen LogP contribution in [0.15, 0.2) is 54.6 Å². The fourth-order valence-corrected chi connectivity index (χ4v) is 7.90. The zero-order chi connectivity index (χ0) is 32.1. The second kappa shape index (κ2) is 17.7. The number of aldehydes is 1. The molecule has 2 saturated carbocycles. The summed E-state index contributed by atoms with van der Waals surface area (Å²) in [6.45, 7) is 1.36. The average molecular weight is 652 g/mol. The molecule has 9 nitrogen and oxygen atoms in total. The van der Waals surface area contributed by atoms with Gasteiger partial charge in [-0.1, -0.05) is 80.6 Å². The molecule has 3 aliphatic rings. The molecule has 250 valence electrons. The molecule has 0 bridgehead atoms. The quantitative estimate of drug-likeness (QED) is 0.135. The van der Waals surface area contributed by atoms with Gasteiger partial charge in [-0.15, -0.1) is 0 Å². The Morgan fingerprint density at radius 2 is 1.74 bits per heavy atom. The first-order valence-electron chi connectivity index (χ1n) is 17.0. The third kappa shape index (κ3) is 10.2. The van der Waals surface area contributed by atoms with Crippen molar-refractivity contribution in [2.24, 2.45) is 5.92 Å². The Balaban J connectivity index is 1.09. The van der Waals surface area contributed by atoms with Gasteiger partial charge in [-0.3, -0.25) is 14.8 Å². The lowest BCUT2D eigenvalue weighted by molar-refractivity contribution is -0.132. The van der Waals surface area contributed by atoms with Crippen molar-refractivity contribution in [3.63, 3.8) is 0 Å². The van der Waals surface area contributed by atoms with Gasteiger partial charge in [0.25, 0.3) is 0 Å². The number of fused-ring (bicyclic) bond motifs is 1. The van der Waals surface area contributed by atoms with Crippen LogP contribution in [-0.4, -0.2) is 65.1 Å². The van der Waals surface area contributed by atoms with Crippen molar-refractivity contribution in [2.75, 3.05) is 13.2 Å². The van der Waals surface area contributed by atoms with Crippen LogP contribution in [0.5, 0.6) is 5.75 Å². The maximum Gasteiger partial charge on any atom is 0.417 e. The molecule has 0 spiro atoms. The van der Waals surface area contributed by atoms with Crippen LogP contribution in [0.3, 0.4) is 0 Å². The molecule has 2 aromatic carbocycles. The number of rotatable bonds is 13. The molecule has 5 rings (SSSR count). The molecule has 0 aromatic heterocycles. The van der Waals surface area contributed by atoms with Gasteiger partial charge in [0, 0.05) is 18.5 Å². The molecule has 0 saturated heterocycles. The summed E-state index contributed by atoms with van der Waals surface area (Å²) in [4.78, 5) is 39.7. The van der Waals surface area contributed by atoms with Crippen molar-refractivity contribution in [1.29, 1.82) is 0 Å². The molecule has 0 radical (unpaired) electrons. The minimum absolute atomic E-state index is 0.0567. The Labute approximate surface area is 277 Å². The Morgan fingerprint density at radius 1 is 1.00 bits per heavy atom. The van der Waals surface area contributed by atoms with Gasteiger partial charge >= 0.3 is 6.09 Å². The van der Waals surface area contributed by atoms with Crippen molar-refractivity contribution in [2.45, 2.75) is 113 Å². The van der Waals surface area contributed by atoms with Gasteiger partial charge in [0.15, 0.2) is 0 Å². The smallest absolute Gasteiger partial charge is 0.417 e. The van der Waals surface area contributed by atoms with Crippen LogP contribution in [0.4, 0.5) is 4.79 Å². The van der Waals surface area contributed by atoms with E-state index < -0.39 is 18.4 Å². The third-order valence-corrected chi connectivity index (χ3v) is 10.7. The minimum atomic E-state index is -1.04. The Kier molecular flexibility index (Phi) is 13.2. The standard InChI is InChI=1S/C36H49N3O6S/c40-25-30(17-20-34(41)39-21-22-44-32-14-8-7-13-29(32)24-39)37-35(42)33(23-26-9-3-1-4-10-26)46-38-36(43)45-31-18-15-28(16-19-31)27-11-5-2-6-12-27/h2,5-8,11-14,25-26,28,30-31,33,35,37,42H,1,3-4,9-10,15-24H2,(H,38,43)/t28?,30-,31?,33-,35?/m0/s1. The normalized spacial score (nSPS) is 22.3. The highest BCUT2D eigenvalue weighted by molar-refractivity contribution is 7.98. The first-order valence-corrected chi connectivity index (χ1v) is 17.9. The lowest BCUT2D eigenvalue weighted by Gasteiger charge is -2.31. The topological polar surface area (TPSA) is 117 Å². The molecule has 3 N–H and O–H groups in total. The highest BCUT2D eigenvalue weighted by atomic mass is 32.2. The van der Waals surface area contributed by atoms with E-state index in [0.717, 1.165) is 69.0 Å². The molecule has 3 atom stereocenters. The molecule has 2 amide bonds. The van der Waals surface area contributed by atoms with E-state index in [1.807, 2.05) is 30.3 Å². The number of nitrogens with one attached hydrogen (secondary N) is 2. The van der Waals surface area contributed by atoms with Crippen molar-refractivity contribution in [1.82, 2.24) is 14.9 Å². The predicted molar refractivity (Wildman–Crippen MR) is 179 cm³/mol. The highest BCUT2D eigenvalue weighted by Gasteiger charge is 2.30. The number of aliphatic hydroxyl groups is 1. The molecule has 10 heteroatoms. The molecule has 1 heterocycles. The Bertz CT molecular complexity index is 1250. The number of nitrogens with zero attached hydrogens (tertiary/aromatic N) is 1. The maximum atomic E-state index is 13.1. The fourth-order valence-electron chi connectivity index (χ4n) is 7.02. The van der Waals surface area contributed by atoms with E-state index in [-0.39, 0.29) is 30.1 Å². The number of hydrogen-bond donors (Lipinski definition) is 3. The van der Waals surface area contributed by atoms with Crippen LogP contribution in [0.1, 0.15) is 94.1 Å². The van der Waals surface area contributed by atoms with Gasteiger partial charge in [-0.25, -0.2) is 4.79 Å². The van der Waals surface area contributed by atoms with Gasteiger partial charge in [0.2, 0.25) is 5.91 Å². The van der Waals surface area contributed by atoms with E-state index >= 15 is 0 Å². The van der Waals surface area contributed by atoms with Crippen LogP contribution in [0.2, 0.25) is 0 Å². The van der Waals surface area contributed by atoms with Crippen LogP contribution in [0.25, 0.3) is 0 Å². The molecule has 1 unspecified atom stereocenters. The van der Waals surface area contributed by atoms with E-state index in [4.69, 9.17) is 9.47 Å². The molecule has 2 fully saturated rings. The summed E-state index contributed by atoms with van der Waals surface area (Å²) in [5.74, 6) is 1.68. The maximum absolute atomic E-state index is 13.1. The second-order valence-electron chi connectivity index (χ2n) is 13.0. The first kappa shape index (κ1) is 34.3. The summed E-state index contributed by atoms with van der Waals surface area (Å²) >= 11 is 1.17. The van der Waals surface area contributed by atoms with E-state index in [1.54, 1.807) is 4.90 Å². The Morgan fingerprint density at radius 3 is 2.50 bits per heavy atom. The number of amides is 2. The van der Waals surface area contributed by atoms with E-state index in [9.17, 15) is 19.5 Å². The van der Waals surface area contributed by atoms with E-state index in [2.05, 4.69) is 34.3 Å². The van der Waals surface area contributed by atoms with Crippen molar-refractivity contribution < 1.29 is 29.0 Å². The van der Waals surface area contributed by atoms with Crippen LogP contribution in [-0.2, 0) is 20.9 Å². The molecular formula is C36H49N3O6S. The van der Waals surface area contributed by atoms with Crippen molar-refractivity contribution in [3.05, 3.63) is 65.7 Å². The van der Waals surface area contributed by atoms with Crippen LogP contribution in [0, 0.1) is 5.92 Å². The number of hydrogen-bond acceptors (Lipinski definition) is 8. The average Bonchev–Trinajstić information content (AvgIpc) is 3.32. The van der Waals surface area contributed by atoms with Gasteiger partial charge < -0.3 is 24.3 Å². The number of benzene rings is 2. The van der Waals surface area contributed by atoms with Crippen molar-refractivity contribution >= 4 is 30.2 Å². The van der Waals surface area contributed by atoms with E-state index in [0.29, 0.717) is 38.0 Å². The summed E-state index contributed by atoms with van der Waals surface area (Å²) in [6, 6.07) is 17.5. The van der Waals surface area contributed by atoms with Gasteiger partial charge in [-0.05, 0) is 73.9 Å². The summed E-state index contributed by atoms with van der Waals surface area (Å²) in [5.41, 5.74) is 2.30. The molecule has 1 aliphatic heterocycles. The largest absolute Gasteiger partial charge is 0.491 e. The number of carbonyl (C=O) groups excluding carboxylic acids is 3. The first-order chi connectivity index (χ1) is 22.5. The predicted octanol–water partition coefficient (Wildman–Crippen LogP) is 6.10. The summed E-state index contributed by atoms with van der Waals surface area (Å²) in [7, 11) is 0. The molecule has 2 aromatic rings. The monoisotopic (exact) mass is 651 g/mol. The third-order valence-electron chi connectivity index (χ3n) is 9.68. The SMILES string of the molecule is O=C[C@H](CCC(=O)N1CCOc2ccccc2C1)NC(O)[C@H](CC1CCCCC1)SNC(=O)OC1CCC(c2ccccc2)CC1. The lowest BCUT2D eigenvalue weighted by atomic mass is 9.83. The number of aliphatic hydroxyl groups excluding tert-OH is 1. The van der Waals surface area contributed by atoms with E-state index in [1.165, 1.54) is 23.9 Å².